The van der Waals surface area contributed by atoms with E-state index in [9.17, 15) is 4.79 Å². The number of hydrogen-bond donors (Lipinski definition) is 1. The first kappa shape index (κ1) is 18.5. The molecule has 1 aromatic carbocycles. The van der Waals surface area contributed by atoms with E-state index in [1.807, 2.05) is 31.4 Å². The molecule has 1 heterocycles. The largest absolute Gasteiger partial charge is 0.493 e. The van der Waals surface area contributed by atoms with E-state index >= 15 is 0 Å². The lowest BCUT2D eigenvalue weighted by atomic mass is 10.2. The van der Waals surface area contributed by atoms with Crippen molar-refractivity contribution < 1.29 is 14.3 Å². The Hall–Kier alpha value is -1.86. The number of carbonyl (C=O) groups excluding carboxylic acids is 1. The van der Waals surface area contributed by atoms with Crippen LogP contribution in [0.15, 0.2) is 39.2 Å². The van der Waals surface area contributed by atoms with Crippen LogP contribution in [0.3, 0.4) is 0 Å². The molecule has 5 nitrogen and oxygen atoms in total. The van der Waals surface area contributed by atoms with Gasteiger partial charge in [0.2, 0.25) is 0 Å². The summed E-state index contributed by atoms with van der Waals surface area (Å²) in [4.78, 5) is 13.4. The maximum atomic E-state index is 12.4. The second-order valence-corrected chi connectivity index (χ2v) is 6.55. The van der Waals surface area contributed by atoms with Crippen LogP contribution in [-0.2, 0) is 0 Å². The summed E-state index contributed by atoms with van der Waals surface area (Å²) < 4.78 is 11.5. The molecule has 0 spiro atoms. The fourth-order valence-electron chi connectivity index (χ4n) is 2.07. The van der Waals surface area contributed by atoms with Crippen LogP contribution in [0.25, 0.3) is 0 Å². The van der Waals surface area contributed by atoms with E-state index in [1.165, 1.54) is 7.11 Å². The Morgan fingerprint density at radius 3 is 2.75 bits per heavy atom. The van der Waals surface area contributed by atoms with Crippen LogP contribution in [0.5, 0.6) is 11.5 Å². The molecule has 0 saturated carbocycles. The summed E-state index contributed by atoms with van der Waals surface area (Å²) in [7, 11) is 1.54. The summed E-state index contributed by atoms with van der Waals surface area (Å²) in [5.41, 5.74) is 3.89. The SMILES string of the molecule is CCOc1c(Br)cc(C(=O)N/N=C(/CC)c2cccs2)cc1OC. The van der Waals surface area contributed by atoms with Gasteiger partial charge in [-0.15, -0.1) is 11.3 Å². The Bertz CT molecular complexity index is 730. The molecule has 0 aliphatic heterocycles. The molecule has 2 rings (SSSR count). The van der Waals surface area contributed by atoms with Gasteiger partial charge in [0.05, 0.1) is 28.8 Å². The number of hydrogen-bond acceptors (Lipinski definition) is 5. The van der Waals surface area contributed by atoms with Crippen LogP contribution in [0.4, 0.5) is 0 Å². The summed E-state index contributed by atoms with van der Waals surface area (Å²) in [6, 6.07) is 7.27. The number of thiophene rings is 1. The number of hydrazone groups is 1. The monoisotopic (exact) mass is 410 g/mol. The third kappa shape index (κ3) is 4.36. The van der Waals surface area contributed by atoms with Crippen LogP contribution in [0.2, 0.25) is 0 Å². The van der Waals surface area contributed by atoms with Gasteiger partial charge in [0, 0.05) is 5.56 Å². The highest BCUT2D eigenvalue weighted by Gasteiger charge is 2.15. The number of ether oxygens (including phenoxy) is 2. The summed E-state index contributed by atoms with van der Waals surface area (Å²) >= 11 is 5.01. The van der Waals surface area contributed by atoms with Crippen LogP contribution in [0.1, 0.15) is 35.5 Å². The second kappa shape index (κ2) is 8.84. The predicted octanol–water partition coefficient (Wildman–Crippen LogP) is 4.46. The summed E-state index contributed by atoms with van der Waals surface area (Å²) in [5.74, 6) is 0.766. The van der Waals surface area contributed by atoms with Crippen LogP contribution in [-0.4, -0.2) is 25.3 Å². The molecule has 0 radical (unpaired) electrons. The van der Waals surface area contributed by atoms with Gasteiger partial charge in [-0.3, -0.25) is 4.79 Å². The van der Waals surface area contributed by atoms with E-state index in [-0.39, 0.29) is 5.91 Å². The highest BCUT2D eigenvalue weighted by molar-refractivity contribution is 9.10. The minimum atomic E-state index is -0.306. The Kier molecular flexibility index (Phi) is 6.81. The highest BCUT2D eigenvalue weighted by Crippen LogP contribution is 2.36. The molecule has 0 aliphatic carbocycles. The van der Waals surface area contributed by atoms with E-state index in [0.717, 1.165) is 17.0 Å². The molecule has 1 amide bonds. The molecule has 0 bridgehead atoms. The van der Waals surface area contributed by atoms with Crippen molar-refractivity contribution in [3.8, 4) is 11.5 Å². The smallest absolute Gasteiger partial charge is 0.271 e. The number of rotatable bonds is 7. The quantitative estimate of drug-likeness (QED) is 0.541. The van der Waals surface area contributed by atoms with Crippen molar-refractivity contribution in [1.29, 1.82) is 0 Å². The average Bonchev–Trinajstić information content (AvgIpc) is 3.11. The van der Waals surface area contributed by atoms with Crippen molar-refractivity contribution in [2.24, 2.45) is 5.10 Å². The molecule has 0 aliphatic rings. The van der Waals surface area contributed by atoms with Gasteiger partial charge in [0.25, 0.3) is 5.91 Å². The highest BCUT2D eigenvalue weighted by atomic mass is 79.9. The first-order valence-corrected chi connectivity index (χ1v) is 9.19. The minimum absolute atomic E-state index is 0.306. The molecule has 0 atom stereocenters. The molecule has 7 heteroatoms. The molecule has 0 fully saturated rings. The Labute approximate surface area is 153 Å². The van der Waals surface area contributed by atoms with Crippen LogP contribution in [0, 0.1) is 0 Å². The summed E-state index contributed by atoms with van der Waals surface area (Å²) in [6.45, 7) is 4.39. The summed E-state index contributed by atoms with van der Waals surface area (Å²) in [5, 5.41) is 6.23. The molecule has 1 N–H and O–H groups in total. The predicted molar refractivity (Wildman–Crippen MR) is 100 cm³/mol. The van der Waals surface area contributed by atoms with E-state index in [0.29, 0.717) is 28.1 Å². The molecule has 24 heavy (non-hydrogen) atoms. The van der Waals surface area contributed by atoms with E-state index in [1.54, 1.807) is 23.5 Å². The van der Waals surface area contributed by atoms with Crippen LogP contribution < -0.4 is 14.9 Å². The first-order chi connectivity index (χ1) is 11.6. The first-order valence-electron chi connectivity index (χ1n) is 7.51. The topological polar surface area (TPSA) is 59.9 Å². The zero-order chi connectivity index (χ0) is 17.5. The molecule has 0 saturated heterocycles. The maximum Gasteiger partial charge on any atom is 0.271 e. The normalized spacial score (nSPS) is 11.2. The van der Waals surface area contributed by atoms with Crippen LogP contribution >= 0.6 is 27.3 Å². The lowest BCUT2D eigenvalue weighted by Crippen LogP contribution is -2.20. The van der Waals surface area contributed by atoms with Crippen molar-refractivity contribution >= 4 is 38.9 Å². The fourth-order valence-corrected chi connectivity index (χ4v) is 3.41. The number of halogens is 1. The number of benzene rings is 1. The van der Waals surface area contributed by atoms with Gasteiger partial charge < -0.3 is 9.47 Å². The van der Waals surface area contributed by atoms with Gasteiger partial charge in [-0.2, -0.15) is 5.10 Å². The molecular formula is C17H19BrN2O3S. The summed E-state index contributed by atoms with van der Waals surface area (Å²) in [6.07, 6.45) is 0.733. The number of amides is 1. The third-order valence-electron chi connectivity index (χ3n) is 3.21. The minimum Gasteiger partial charge on any atom is -0.493 e. The van der Waals surface area contributed by atoms with Crippen molar-refractivity contribution in [1.82, 2.24) is 5.43 Å². The zero-order valence-electron chi connectivity index (χ0n) is 13.8. The van der Waals surface area contributed by atoms with Crippen molar-refractivity contribution in [3.63, 3.8) is 0 Å². The third-order valence-corrected chi connectivity index (χ3v) is 4.72. The zero-order valence-corrected chi connectivity index (χ0v) is 16.2. The van der Waals surface area contributed by atoms with Gasteiger partial charge in [-0.25, -0.2) is 5.43 Å². The Morgan fingerprint density at radius 2 is 2.17 bits per heavy atom. The van der Waals surface area contributed by atoms with E-state index in [2.05, 4.69) is 26.5 Å². The molecule has 2 aromatic rings. The van der Waals surface area contributed by atoms with E-state index < -0.39 is 0 Å². The number of nitrogens with zero attached hydrogens (tertiary/aromatic N) is 1. The lowest BCUT2D eigenvalue weighted by Gasteiger charge is -2.13. The van der Waals surface area contributed by atoms with Crippen molar-refractivity contribution in [3.05, 3.63) is 44.6 Å². The van der Waals surface area contributed by atoms with Crippen molar-refractivity contribution in [2.45, 2.75) is 20.3 Å². The van der Waals surface area contributed by atoms with Gasteiger partial charge >= 0.3 is 0 Å². The van der Waals surface area contributed by atoms with Gasteiger partial charge in [-0.05, 0) is 52.9 Å². The average molecular weight is 411 g/mol. The van der Waals surface area contributed by atoms with E-state index in [4.69, 9.17) is 9.47 Å². The van der Waals surface area contributed by atoms with Gasteiger partial charge in [-0.1, -0.05) is 13.0 Å². The molecule has 1 aromatic heterocycles. The maximum absolute atomic E-state index is 12.4. The number of carbonyl (C=O) groups is 1. The second-order valence-electron chi connectivity index (χ2n) is 4.75. The number of nitrogens with one attached hydrogen (secondary N) is 1. The Morgan fingerprint density at radius 1 is 1.38 bits per heavy atom. The van der Waals surface area contributed by atoms with Gasteiger partial charge in [0.1, 0.15) is 0 Å². The molecule has 0 unspecified atom stereocenters. The van der Waals surface area contributed by atoms with Gasteiger partial charge in [0.15, 0.2) is 11.5 Å². The lowest BCUT2D eigenvalue weighted by molar-refractivity contribution is 0.0954. The Balaban J connectivity index is 2.22. The number of methoxy groups -OCH3 is 1. The molecule has 128 valence electrons. The standard InChI is InChI=1S/C17H19BrN2O3S/c1-4-13(15-7-6-8-24-15)19-20-17(21)11-9-12(18)16(23-5-2)14(10-11)22-3/h6-10H,4-5H2,1-3H3,(H,20,21)/b19-13-. The van der Waals surface area contributed by atoms with Crippen molar-refractivity contribution in [2.75, 3.05) is 13.7 Å². The molecular weight excluding hydrogens is 392 g/mol. The fraction of sp³-hybridized carbons (Fsp3) is 0.294.